The zero-order valence-electron chi connectivity index (χ0n) is 13.3. The van der Waals surface area contributed by atoms with Crippen LogP contribution < -0.4 is 5.32 Å². The Morgan fingerprint density at radius 3 is 2.40 bits per heavy atom. The minimum atomic E-state index is -4.38. The van der Waals surface area contributed by atoms with Crippen molar-refractivity contribution in [1.82, 2.24) is 4.98 Å². The molecule has 1 unspecified atom stereocenters. The van der Waals surface area contributed by atoms with Crippen molar-refractivity contribution >= 4 is 32.2 Å². The van der Waals surface area contributed by atoms with Gasteiger partial charge in [0.05, 0.1) is 5.56 Å². The van der Waals surface area contributed by atoms with Gasteiger partial charge in [-0.25, -0.2) is 13.4 Å². The van der Waals surface area contributed by atoms with Gasteiger partial charge in [-0.2, -0.15) is 13.2 Å². The molecule has 1 heterocycles. The summed E-state index contributed by atoms with van der Waals surface area (Å²) in [6.45, 7) is 1.28. The highest BCUT2D eigenvalue weighted by Crippen LogP contribution is 2.30. The first-order valence-corrected chi connectivity index (χ1v) is 9.84. The Kier molecular flexibility index (Phi) is 5.52. The van der Waals surface area contributed by atoms with Crippen molar-refractivity contribution in [3.63, 3.8) is 0 Å². The van der Waals surface area contributed by atoms with Crippen molar-refractivity contribution < 1.29 is 26.4 Å². The Balaban J connectivity index is 2.03. The fourth-order valence-electron chi connectivity index (χ4n) is 1.86. The lowest BCUT2D eigenvalue weighted by atomic mass is 10.1. The van der Waals surface area contributed by atoms with Gasteiger partial charge < -0.3 is 5.32 Å². The van der Waals surface area contributed by atoms with Crippen LogP contribution in [0.15, 0.2) is 30.5 Å². The molecule has 1 aromatic carbocycles. The summed E-state index contributed by atoms with van der Waals surface area (Å²) in [7, 11) is -3.51. The van der Waals surface area contributed by atoms with E-state index in [0.29, 0.717) is 12.0 Å². The second-order valence-electron chi connectivity index (χ2n) is 5.46. The molecule has 25 heavy (non-hydrogen) atoms. The second-order valence-corrected chi connectivity index (χ2v) is 8.95. The van der Waals surface area contributed by atoms with Gasteiger partial charge in [-0.1, -0.05) is 12.1 Å². The van der Waals surface area contributed by atoms with E-state index in [0.717, 1.165) is 34.6 Å². The van der Waals surface area contributed by atoms with Gasteiger partial charge >= 0.3 is 6.18 Å². The van der Waals surface area contributed by atoms with E-state index in [2.05, 4.69) is 10.3 Å². The van der Waals surface area contributed by atoms with Crippen LogP contribution in [0.25, 0.3) is 0 Å². The summed E-state index contributed by atoms with van der Waals surface area (Å²) in [6.07, 6.45) is -1.57. The highest BCUT2D eigenvalue weighted by molar-refractivity contribution is 7.92. The van der Waals surface area contributed by atoms with Crippen LogP contribution in [0.4, 0.5) is 18.3 Å². The van der Waals surface area contributed by atoms with E-state index >= 15 is 0 Å². The first kappa shape index (κ1) is 19.4. The van der Waals surface area contributed by atoms with Gasteiger partial charge in [-0.15, -0.1) is 11.3 Å². The number of carbonyl (C=O) groups is 1. The maximum absolute atomic E-state index is 12.5. The van der Waals surface area contributed by atoms with Gasteiger partial charge in [0.1, 0.15) is 5.25 Å². The number of sulfone groups is 1. The van der Waals surface area contributed by atoms with Crippen LogP contribution in [-0.4, -0.2) is 30.8 Å². The summed E-state index contributed by atoms with van der Waals surface area (Å²) < 4.78 is 60.3. The molecule has 5 nitrogen and oxygen atoms in total. The largest absolute Gasteiger partial charge is 0.416 e. The zero-order valence-corrected chi connectivity index (χ0v) is 14.9. The number of hydrogen-bond acceptors (Lipinski definition) is 5. The van der Waals surface area contributed by atoms with E-state index in [-0.39, 0.29) is 5.13 Å². The lowest BCUT2D eigenvalue weighted by molar-refractivity contribution is -0.137. The second kappa shape index (κ2) is 7.12. The predicted octanol–water partition coefficient (Wildman–Crippen LogP) is 3.12. The van der Waals surface area contributed by atoms with E-state index in [1.165, 1.54) is 25.3 Å². The smallest absolute Gasteiger partial charge is 0.301 e. The molecule has 0 radical (unpaired) electrons. The number of anilines is 1. The molecule has 10 heteroatoms. The summed E-state index contributed by atoms with van der Waals surface area (Å²) in [5.41, 5.74) is -0.0534. The number of hydrogen-bond donors (Lipinski definition) is 1. The summed E-state index contributed by atoms with van der Waals surface area (Å²) in [6, 6.07) is 4.78. The average molecular weight is 392 g/mol. The summed E-state index contributed by atoms with van der Waals surface area (Å²) in [4.78, 5) is 16.5. The van der Waals surface area contributed by atoms with Crippen LogP contribution >= 0.6 is 11.3 Å². The third-order valence-corrected chi connectivity index (χ3v) is 5.87. The molecule has 0 aliphatic heterocycles. The monoisotopic (exact) mass is 392 g/mol. The molecule has 2 rings (SSSR count). The van der Waals surface area contributed by atoms with Crippen LogP contribution in [0.2, 0.25) is 0 Å². The van der Waals surface area contributed by atoms with Gasteiger partial charge in [-0.3, -0.25) is 4.79 Å². The molecule has 0 fully saturated rings. The molecule has 0 saturated carbocycles. The fraction of sp³-hybridized carbons (Fsp3) is 0.333. The molecular formula is C15H15F3N2O3S2. The van der Waals surface area contributed by atoms with Crippen LogP contribution in [0, 0.1) is 0 Å². The number of amides is 1. The predicted molar refractivity (Wildman–Crippen MR) is 89.3 cm³/mol. The third-order valence-electron chi connectivity index (χ3n) is 3.45. The number of nitrogens with one attached hydrogen (secondary N) is 1. The van der Waals surface area contributed by atoms with Crippen LogP contribution in [-0.2, 0) is 27.2 Å². The maximum atomic E-state index is 12.5. The molecule has 1 atom stereocenters. The standard InChI is InChI=1S/C15H15F3N2O3S2/c1-9(25(2,22)23)13(21)20-14-19-8-12(24-14)7-10-3-5-11(6-4-10)15(16,17)18/h3-6,8-9H,7H2,1-2H3,(H,19,20,21). The van der Waals surface area contributed by atoms with Gasteiger partial charge in [0.25, 0.3) is 0 Å². The normalized spacial score (nSPS) is 13.5. The molecule has 1 amide bonds. The molecule has 136 valence electrons. The van der Waals surface area contributed by atoms with E-state index < -0.39 is 32.7 Å². The highest BCUT2D eigenvalue weighted by Gasteiger charge is 2.30. The molecule has 0 saturated heterocycles. The Bertz CT molecular complexity index is 859. The number of carbonyl (C=O) groups excluding carboxylic acids is 1. The quantitative estimate of drug-likeness (QED) is 0.848. The van der Waals surface area contributed by atoms with Crippen molar-refractivity contribution in [2.45, 2.75) is 24.8 Å². The van der Waals surface area contributed by atoms with Crippen molar-refractivity contribution in [2.24, 2.45) is 0 Å². The lowest BCUT2D eigenvalue weighted by Crippen LogP contribution is -2.31. The SMILES string of the molecule is CC(C(=O)Nc1ncc(Cc2ccc(C(F)(F)F)cc2)s1)S(C)(=O)=O. The number of thiazole rings is 1. The molecule has 1 aromatic heterocycles. The van der Waals surface area contributed by atoms with Gasteiger partial charge in [0.2, 0.25) is 5.91 Å². The molecule has 2 aromatic rings. The Labute approximate surface area is 146 Å². The fourth-order valence-corrected chi connectivity index (χ4v) is 3.16. The van der Waals surface area contributed by atoms with Gasteiger partial charge in [0.15, 0.2) is 15.0 Å². The van der Waals surface area contributed by atoms with Crippen LogP contribution in [0.3, 0.4) is 0 Å². The Hall–Kier alpha value is -1.94. The number of alkyl halides is 3. The topological polar surface area (TPSA) is 76.1 Å². The number of aromatic nitrogens is 1. The molecule has 0 bridgehead atoms. The molecule has 0 aliphatic rings. The Morgan fingerprint density at radius 1 is 1.28 bits per heavy atom. The summed E-state index contributed by atoms with van der Waals surface area (Å²) in [5.74, 6) is -0.682. The summed E-state index contributed by atoms with van der Waals surface area (Å²) >= 11 is 1.13. The first-order chi connectivity index (χ1) is 11.5. The van der Waals surface area contributed by atoms with Crippen LogP contribution in [0.1, 0.15) is 22.9 Å². The first-order valence-electron chi connectivity index (χ1n) is 7.07. The highest BCUT2D eigenvalue weighted by atomic mass is 32.2. The zero-order chi connectivity index (χ0) is 18.8. The summed E-state index contributed by atoms with van der Waals surface area (Å²) in [5, 5.41) is 1.46. The van der Waals surface area contributed by atoms with Crippen molar-refractivity contribution in [3.8, 4) is 0 Å². The lowest BCUT2D eigenvalue weighted by Gasteiger charge is -2.08. The minimum absolute atomic E-state index is 0.238. The van der Waals surface area contributed by atoms with Crippen molar-refractivity contribution in [2.75, 3.05) is 11.6 Å². The molecule has 1 N–H and O–H groups in total. The number of nitrogens with zero attached hydrogens (tertiary/aromatic N) is 1. The van der Waals surface area contributed by atoms with Crippen molar-refractivity contribution in [3.05, 3.63) is 46.5 Å². The molecule has 0 aliphatic carbocycles. The van der Waals surface area contributed by atoms with Crippen molar-refractivity contribution in [1.29, 1.82) is 0 Å². The number of rotatable bonds is 5. The third kappa shape index (κ3) is 5.27. The number of benzene rings is 1. The van der Waals surface area contributed by atoms with Crippen LogP contribution in [0.5, 0.6) is 0 Å². The Morgan fingerprint density at radius 2 is 1.88 bits per heavy atom. The number of halogens is 3. The maximum Gasteiger partial charge on any atom is 0.416 e. The van der Waals surface area contributed by atoms with Gasteiger partial charge in [0, 0.05) is 23.8 Å². The van der Waals surface area contributed by atoms with E-state index in [4.69, 9.17) is 0 Å². The molecule has 0 spiro atoms. The minimum Gasteiger partial charge on any atom is -0.301 e. The van der Waals surface area contributed by atoms with E-state index in [1.54, 1.807) is 0 Å². The van der Waals surface area contributed by atoms with E-state index in [9.17, 15) is 26.4 Å². The molecular weight excluding hydrogens is 377 g/mol. The van der Waals surface area contributed by atoms with Gasteiger partial charge in [-0.05, 0) is 24.6 Å². The average Bonchev–Trinajstić information content (AvgIpc) is 2.92. The van der Waals surface area contributed by atoms with E-state index in [1.807, 2.05) is 0 Å².